The van der Waals surface area contributed by atoms with Crippen LogP contribution in [0.5, 0.6) is 0 Å². The quantitative estimate of drug-likeness (QED) is 0.396. The molecule has 1 aromatic rings. The lowest BCUT2D eigenvalue weighted by Crippen LogP contribution is -3.00. The monoisotopic (exact) mass is 224 g/mol. The van der Waals surface area contributed by atoms with Crippen LogP contribution in [0.3, 0.4) is 0 Å². The molecule has 0 amide bonds. The van der Waals surface area contributed by atoms with E-state index in [1.807, 2.05) is 18.7 Å². The fraction of sp³-hybridized carbons (Fsp3) is 0.400. The van der Waals surface area contributed by atoms with Crippen LogP contribution in [0.15, 0.2) is 18.7 Å². The highest BCUT2D eigenvalue weighted by atomic mass is 127. The van der Waals surface area contributed by atoms with Crippen LogP contribution in [0, 0.1) is 0 Å². The predicted molar refractivity (Wildman–Crippen MR) is 26.7 cm³/mol. The highest BCUT2D eigenvalue weighted by molar-refractivity contribution is 4.54. The average Bonchev–Trinajstić information content (AvgIpc) is 2.14. The van der Waals surface area contributed by atoms with Gasteiger partial charge >= 0.3 is 0 Å². The summed E-state index contributed by atoms with van der Waals surface area (Å²) in [5.74, 6) is 0. The fourth-order valence-electron chi connectivity index (χ4n) is 0.517. The van der Waals surface area contributed by atoms with Crippen LogP contribution in [0.4, 0.5) is 0 Å². The Morgan fingerprint density at radius 3 is 2.62 bits per heavy atom. The van der Waals surface area contributed by atoms with Crippen LogP contribution in [0.1, 0.15) is 6.92 Å². The van der Waals surface area contributed by atoms with Gasteiger partial charge in [-0.15, -0.1) is 0 Å². The summed E-state index contributed by atoms with van der Waals surface area (Å²) in [5, 5.41) is 0. The SMILES string of the molecule is CC[n+]1cc[nH]c1.[I-]. The van der Waals surface area contributed by atoms with Crippen molar-refractivity contribution in [2.24, 2.45) is 0 Å². The molecule has 0 spiro atoms. The minimum atomic E-state index is 0. The van der Waals surface area contributed by atoms with Crippen LogP contribution < -0.4 is 28.5 Å². The molecule has 0 aliphatic carbocycles. The van der Waals surface area contributed by atoms with Crippen molar-refractivity contribution in [3.63, 3.8) is 0 Å². The van der Waals surface area contributed by atoms with Crippen LogP contribution in [0.2, 0.25) is 0 Å². The topological polar surface area (TPSA) is 19.7 Å². The summed E-state index contributed by atoms with van der Waals surface area (Å²) in [4.78, 5) is 2.94. The molecule has 0 saturated carbocycles. The molecule has 0 fully saturated rings. The van der Waals surface area contributed by atoms with Gasteiger partial charge in [0.2, 0.25) is 6.33 Å². The van der Waals surface area contributed by atoms with E-state index in [1.54, 1.807) is 0 Å². The summed E-state index contributed by atoms with van der Waals surface area (Å²) < 4.78 is 2.07. The number of nitrogens with zero attached hydrogens (tertiary/aromatic N) is 1. The maximum absolute atomic E-state index is 2.94. The molecule has 0 bridgehead atoms. The highest BCUT2D eigenvalue weighted by Gasteiger charge is 1.85. The van der Waals surface area contributed by atoms with Gasteiger partial charge in [0, 0.05) is 0 Å². The Morgan fingerprint density at radius 2 is 2.38 bits per heavy atom. The van der Waals surface area contributed by atoms with E-state index in [0.717, 1.165) is 6.54 Å². The van der Waals surface area contributed by atoms with Crippen molar-refractivity contribution in [3.8, 4) is 0 Å². The Hall–Kier alpha value is -0.0600. The highest BCUT2D eigenvalue weighted by Crippen LogP contribution is 1.65. The lowest BCUT2D eigenvalue weighted by molar-refractivity contribution is -0.692. The van der Waals surface area contributed by atoms with Gasteiger partial charge in [-0.25, -0.2) is 4.57 Å². The molecule has 1 heterocycles. The zero-order valence-corrected chi connectivity index (χ0v) is 6.92. The van der Waals surface area contributed by atoms with Gasteiger partial charge in [0.05, 0.1) is 6.54 Å². The number of H-pyrrole nitrogens is 1. The van der Waals surface area contributed by atoms with E-state index in [0.29, 0.717) is 0 Å². The lowest BCUT2D eigenvalue weighted by atomic mass is 10.7. The van der Waals surface area contributed by atoms with Crippen molar-refractivity contribution in [1.82, 2.24) is 4.98 Å². The van der Waals surface area contributed by atoms with Crippen molar-refractivity contribution in [1.29, 1.82) is 0 Å². The fourth-order valence-corrected chi connectivity index (χ4v) is 0.517. The third-order valence-corrected chi connectivity index (χ3v) is 0.968. The van der Waals surface area contributed by atoms with Crippen molar-refractivity contribution < 1.29 is 28.5 Å². The van der Waals surface area contributed by atoms with E-state index in [2.05, 4.69) is 16.5 Å². The predicted octanol–water partition coefficient (Wildman–Crippen LogP) is -2.67. The van der Waals surface area contributed by atoms with Gasteiger partial charge in [0.25, 0.3) is 0 Å². The summed E-state index contributed by atoms with van der Waals surface area (Å²) in [6.07, 6.45) is 5.84. The summed E-state index contributed by atoms with van der Waals surface area (Å²) in [5.41, 5.74) is 0. The Balaban J connectivity index is 0.000000490. The van der Waals surface area contributed by atoms with E-state index in [-0.39, 0.29) is 24.0 Å². The van der Waals surface area contributed by atoms with E-state index in [1.165, 1.54) is 0 Å². The number of aromatic nitrogens is 2. The molecule has 0 saturated heterocycles. The second-order valence-electron chi connectivity index (χ2n) is 1.44. The number of imidazole rings is 1. The van der Waals surface area contributed by atoms with Crippen LogP contribution in [-0.4, -0.2) is 4.98 Å². The second-order valence-corrected chi connectivity index (χ2v) is 1.44. The zero-order valence-electron chi connectivity index (χ0n) is 4.76. The van der Waals surface area contributed by atoms with Gasteiger partial charge < -0.3 is 24.0 Å². The van der Waals surface area contributed by atoms with Crippen LogP contribution in [0.25, 0.3) is 0 Å². The Bertz CT molecular complexity index is 125. The Kier molecular flexibility index (Phi) is 3.85. The summed E-state index contributed by atoms with van der Waals surface area (Å²) in [7, 11) is 0. The number of aryl methyl sites for hydroxylation is 1. The molecule has 0 radical (unpaired) electrons. The number of hydrogen-bond donors (Lipinski definition) is 1. The van der Waals surface area contributed by atoms with Crippen molar-refractivity contribution in [2.75, 3.05) is 0 Å². The molecule has 0 aliphatic rings. The van der Waals surface area contributed by atoms with Gasteiger partial charge in [-0.1, -0.05) is 0 Å². The van der Waals surface area contributed by atoms with Crippen molar-refractivity contribution in [3.05, 3.63) is 18.7 Å². The molecule has 2 nitrogen and oxygen atoms in total. The Morgan fingerprint density at radius 1 is 1.62 bits per heavy atom. The first-order chi connectivity index (χ1) is 3.43. The molecule has 1 rings (SSSR count). The van der Waals surface area contributed by atoms with Gasteiger partial charge in [-0.05, 0) is 6.92 Å². The van der Waals surface area contributed by atoms with Crippen LogP contribution >= 0.6 is 0 Å². The molecule has 1 N–H and O–H groups in total. The van der Waals surface area contributed by atoms with Gasteiger partial charge in [0.1, 0.15) is 12.4 Å². The summed E-state index contributed by atoms with van der Waals surface area (Å²) in [6, 6.07) is 0. The van der Waals surface area contributed by atoms with E-state index < -0.39 is 0 Å². The van der Waals surface area contributed by atoms with E-state index >= 15 is 0 Å². The van der Waals surface area contributed by atoms with Crippen LogP contribution in [-0.2, 0) is 6.54 Å². The average molecular weight is 224 g/mol. The van der Waals surface area contributed by atoms with Crippen molar-refractivity contribution >= 4 is 0 Å². The first kappa shape index (κ1) is 7.94. The third-order valence-electron chi connectivity index (χ3n) is 0.968. The first-order valence-corrected chi connectivity index (χ1v) is 2.45. The van der Waals surface area contributed by atoms with Gasteiger partial charge in [-0.2, -0.15) is 0 Å². The minimum Gasteiger partial charge on any atom is -1.00 e. The van der Waals surface area contributed by atoms with E-state index in [9.17, 15) is 0 Å². The molecule has 3 heteroatoms. The standard InChI is InChI=1S/C5H8N2.HI/c1-2-7-4-3-6-5-7;/h3-5H,2H2,1H3;1H. The molecule has 8 heavy (non-hydrogen) atoms. The second kappa shape index (κ2) is 3.88. The molecule has 0 aromatic carbocycles. The largest absolute Gasteiger partial charge is 1.00 e. The summed E-state index contributed by atoms with van der Waals surface area (Å²) in [6.45, 7) is 3.15. The normalized spacial score (nSPS) is 8.12. The number of hydrogen-bond acceptors (Lipinski definition) is 0. The number of rotatable bonds is 1. The number of halogens is 1. The van der Waals surface area contributed by atoms with E-state index in [4.69, 9.17) is 0 Å². The summed E-state index contributed by atoms with van der Waals surface area (Å²) >= 11 is 0. The maximum atomic E-state index is 2.94. The third kappa shape index (κ3) is 1.81. The van der Waals surface area contributed by atoms with Gasteiger partial charge in [0.15, 0.2) is 0 Å². The number of aromatic amines is 1. The number of nitrogens with one attached hydrogen (secondary N) is 1. The smallest absolute Gasteiger partial charge is 0.241 e. The molecular formula is C5H9IN2. The lowest BCUT2D eigenvalue weighted by Gasteiger charge is -1.79. The Labute approximate surface area is 65.9 Å². The maximum Gasteiger partial charge on any atom is 0.241 e. The molecule has 1 aromatic heterocycles. The zero-order chi connectivity index (χ0) is 5.11. The van der Waals surface area contributed by atoms with Gasteiger partial charge in [-0.3, -0.25) is 4.98 Å². The first-order valence-electron chi connectivity index (χ1n) is 2.45. The molecule has 0 aliphatic heterocycles. The molecule has 0 unspecified atom stereocenters. The van der Waals surface area contributed by atoms with Crippen molar-refractivity contribution in [2.45, 2.75) is 13.5 Å². The molecular weight excluding hydrogens is 215 g/mol. The molecule has 46 valence electrons. The molecule has 0 atom stereocenters. The minimum absolute atomic E-state index is 0.